The van der Waals surface area contributed by atoms with Gasteiger partial charge in [0.15, 0.2) is 0 Å². The lowest BCUT2D eigenvalue weighted by Gasteiger charge is -2.33. The number of likely N-dealkylation sites (tertiary alicyclic amines) is 1. The molecule has 0 aromatic heterocycles. The molecule has 2 unspecified atom stereocenters. The van der Waals surface area contributed by atoms with Crippen molar-refractivity contribution >= 4 is 0 Å². The molecule has 0 aromatic carbocycles. The largest absolute Gasteiger partial charge is 0.313 e. The van der Waals surface area contributed by atoms with Gasteiger partial charge in [-0.05, 0) is 64.6 Å². The Hall–Kier alpha value is -0.0800. The lowest BCUT2D eigenvalue weighted by Crippen LogP contribution is -2.47. The quantitative estimate of drug-likeness (QED) is 0.793. The third kappa shape index (κ3) is 4.97. The van der Waals surface area contributed by atoms with Crippen LogP contribution in [0.1, 0.15) is 60.3 Å². The molecule has 17 heavy (non-hydrogen) atoms. The molecule has 0 amide bonds. The summed E-state index contributed by atoms with van der Waals surface area (Å²) in [4.78, 5) is 2.68. The first-order chi connectivity index (χ1) is 7.96. The summed E-state index contributed by atoms with van der Waals surface area (Å²) < 4.78 is 0. The molecule has 2 nitrogen and oxygen atoms in total. The zero-order valence-electron chi connectivity index (χ0n) is 12.6. The Labute approximate surface area is 108 Å². The van der Waals surface area contributed by atoms with E-state index in [2.05, 4.69) is 44.8 Å². The average Bonchev–Trinajstić information content (AvgIpc) is 2.46. The van der Waals surface area contributed by atoms with E-state index in [1.807, 2.05) is 0 Å². The first kappa shape index (κ1) is 15.0. The molecule has 1 fully saturated rings. The van der Waals surface area contributed by atoms with E-state index in [-0.39, 0.29) is 0 Å². The smallest absolute Gasteiger partial charge is 0.0218 e. The lowest BCUT2D eigenvalue weighted by molar-refractivity contribution is 0.174. The van der Waals surface area contributed by atoms with Crippen LogP contribution in [0.2, 0.25) is 0 Å². The lowest BCUT2D eigenvalue weighted by atomic mass is 9.85. The van der Waals surface area contributed by atoms with Crippen molar-refractivity contribution in [2.24, 2.45) is 5.41 Å². The summed E-state index contributed by atoms with van der Waals surface area (Å²) in [5.74, 6) is 0. The Morgan fingerprint density at radius 3 is 2.53 bits per heavy atom. The number of nitrogens with one attached hydrogen (secondary N) is 1. The molecule has 1 aliphatic heterocycles. The minimum atomic E-state index is 0.550. The van der Waals surface area contributed by atoms with Gasteiger partial charge < -0.3 is 5.32 Å². The van der Waals surface area contributed by atoms with Gasteiger partial charge in [0.05, 0.1) is 0 Å². The molecule has 0 radical (unpaired) electrons. The molecule has 1 heterocycles. The van der Waals surface area contributed by atoms with Gasteiger partial charge in [0.2, 0.25) is 0 Å². The highest BCUT2D eigenvalue weighted by Crippen LogP contribution is 2.30. The van der Waals surface area contributed by atoms with Crippen LogP contribution in [0.3, 0.4) is 0 Å². The summed E-state index contributed by atoms with van der Waals surface area (Å²) in [6, 6.07) is 1.27. The van der Waals surface area contributed by atoms with Crippen LogP contribution in [-0.4, -0.2) is 36.6 Å². The zero-order valence-corrected chi connectivity index (χ0v) is 12.6. The average molecular weight is 240 g/mol. The Kier molecular flexibility index (Phi) is 5.94. The van der Waals surface area contributed by atoms with Crippen LogP contribution in [0.25, 0.3) is 0 Å². The van der Waals surface area contributed by atoms with Gasteiger partial charge in [0.25, 0.3) is 0 Å². The van der Waals surface area contributed by atoms with Gasteiger partial charge in [0, 0.05) is 12.1 Å². The van der Waals surface area contributed by atoms with Crippen molar-refractivity contribution in [2.75, 3.05) is 19.6 Å². The van der Waals surface area contributed by atoms with Crippen molar-refractivity contribution in [1.29, 1.82) is 0 Å². The standard InChI is InChI=1S/C15H32N2/c1-6-10-16-13(2)14(3)17-11-7-8-15(4,5)9-12-17/h13-14,16H,6-12H2,1-5H3. The number of hydrogen-bond donors (Lipinski definition) is 1. The van der Waals surface area contributed by atoms with Gasteiger partial charge in [-0.15, -0.1) is 0 Å². The molecule has 0 saturated carbocycles. The fourth-order valence-electron chi connectivity index (χ4n) is 2.71. The van der Waals surface area contributed by atoms with Gasteiger partial charge >= 0.3 is 0 Å². The predicted molar refractivity (Wildman–Crippen MR) is 76.4 cm³/mol. The van der Waals surface area contributed by atoms with Crippen molar-refractivity contribution in [2.45, 2.75) is 72.4 Å². The second kappa shape index (κ2) is 6.75. The molecule has 1 N–H and O–H groups in total. The van der Waals surface area contributed by atoms with Crippen LogP contribution < -0.4 is 5.32 Å². The molecule has 1 rings (SSSR count). The van der Waals surface area contributed by atoms with Crippen LogP contribution in [0, 0.1) is 5.41 Å². The SMILES string of the molecule is CCCNC(C)C(C)N1CCCC(C)(C)CC1. The van der Waals surface area contributed by atoms with Gasteiger partial charge in [-0.2, -0.15) is 0 Å². The van der Waals surface area contributed by atoms with E-state index in [0.29, 0.717) is 17.5 Å². The summed E-state index contributed by atoms with van der Waals surface area (Å²) in [6.07, 6.45) is 5.31. The fraction of sp³-hybridized carbons (Fsp3) is 1.00. The molecule has 1 saturated heterocycles. The first-order valence-electron chi connectivity index (χ1n) is 7.44. The van der Waals surface area contributed by atoms with E-state index in [1.54, 1.807) is 0 Å². The minimum Gasteiger partial charge on any atom is -0.313 e. The summed E-state index contributed by atoms with van der Waals surface area (Å²) in [7, 11) is 0. The number of hydrogen-bond acceptors (Lipinski definition) is 2. The molecule has 0 spiro atoms. The van der Waals surface area contributed by atoms with Crippen LogP contribution in [0.5, 0.6) is 0 Å². The summed E-state index contributed by atoms with van der Waals surface area (Å²) in [5, 5.41) is 3.63. The molecular formula is C15H32N2. The third-order valence-corrected chi connectivity index (χ3v) is 4.39. The van der Waals surface area contributed by atoms with Crippen molar-refractivity contribution in [1.82, 2.24) is 10.2 Å². The molecule has 1 aliphatic rings. The first-order valence-corrected chi connectivity index (χ1v) is 7.44. The highest BCUT2D eigenvalue weighted by molar-refractivity contribution is 4.83. The highest BCUT2D eigenvalue weighted by Gasteiger charge is 2.26. The second-order valence-electron chi connectivity index (χ2n) is 6.54. The summed E-state index contributed by atoms with van der Waals surface area (Å²) >= 11 is 0. The van der Waals surface area contributed by atoms with Crippen molar-refractivity contribution in [3.05, 3.63) is 0 Å². The topological polar surface area (TPSA) is 15.3 Å². The van der Waals surface area contributed by atoms with Crippen LogP contribution in [0.4, 0.5) is 0 Å². The molecule has 2 heteroatoms. The Balaban J connectivity index is 2.43. The minimum absolute atomic E-state index is 0.550. The van der Waals surface area contributed by atoms with E-state index in [0.717, 1.165) is 6.54 Å². The predicted octanol–water partition coefficient (Wildman–Crippen LogP) is 3.28. The zero-order chi connectivity index (χ0) is 12.9. The Morgan fingerprint density at radius 1 is 1.18 bits per heavy atom. The maximum atomic E-state index is 3.63. The molecule has 0 aliphatic carbocycles. The summed E-state index contributed by atoms with van der Waals surface area (Å²) in [6.45, 7) is 15.5. The molecule has 0 aromatic rings. The van der Waals surface area contributed by atoms with Gasteiger partial charge in [-0.1, -0.05) is 20.8 Å². The van der Waals surface area contributed by atoms with Gasteiger partial charge in [0.1, 0.15) is 0 Å². The monoisotopic (exact) mass is 240 g/mol. The van der Waals surface area contributed by atoms with Crippen LogP contribution in [-0.2, 0) is 0 Å². The maximum Gasteiger partial charge on any atom is 0.0218 e. The van der Waals surface area contributed by atoms with E-state index >= 15 is 0 Å². The number of rotatable bonds is 5. The van der Waals surface area contributed by atoms with Crippen LogP contribution in [0.15, 0.2) is 0 Å². The molecule has 0 bridgehead atoms. The van der Waals surface area contributed by atoms with Crippen molar-refractivity contribution < 1.29 is 0 Å². The second-order valence-corrected chi connectivity index (χ2v) is 6.54. The van der Waals surface area contributed by atoms with E-state index < -0.39 is 0 Å². The third-order valence-electron chi connectivity index (χ3n) is 4.39. The van der Waals surface area contributed by atoms with Gasteiger partial charge in [-0.25, -0.2) is 0 Å². The molecule has 2 atom stereocenters. The van der Waals surface area contributed by atoms with Crippen molar-refractivity contribution in [3.8, 4) is 0 Å². The molecular weight excluding hydrogens is 208 g/mol. The van der Waals surface area contributed by atoms with Crippen LogP contribution >= 0.6 is 0 Å². The number of nitrogens with zero attached hydrogens (tertiary/aromatic N) is 1. The maximum absolute atomic E-state index is 3.63. The van der Waals surface area contributed by atoms with E-state index in [4.69, 9.17) is 0 Å². The molecule has 102 valence electrons. The summed E-state index contributed by atoms with van der Waals surface area (Å²) in [5.41, 5.74) is 0.550. The Bertz CT molecular complexity index is 213. The van der Waals surface area contributed by atoms with E-state index in [9.17, 15) is 0 Å². The fourth-order valence-corrected chi connectivity index (χ4v) is 2.71. The van der Waals surface area contributed by atoms with Crippen molar-refractivity contribution in [3.63, 3.8) is 0 Å². The van der Waals surface area contributed by atoms with Gasteiger partial charge in [-0.3, -0.25) is 4.90 Å². The highest BCUT2D eigenvalue weighted by atomic mass is 15.2. The Morgan fingerprint density at radius 2 is 1.88 bits per heavy atom. The van der Waals surface area contributed by atoms with E-state index in [1.165, 1.54) is 38.8 Å². The normalized spacial score (nSPS) is 25.2.